The number of amides is 1. The molecule has 22 heavy (non-hydrogen) atoms. The molecule has 0 saturated heterocycles. The number of rotatable bonds is 5. The zero-order chi connectivity index (χ0) is 16.1. The first kappa shape index (κ1) is 16.4. The summed E-state index contributed by atoms with van der Waals surface area (Å²) in [6, 6.07) is 13.7. The average molecular weight is 315 g/mol. The number of carbonyl (C=O) groups is 1. The summed E-state index contributed by atoms with van der Waals surface area (Å²) in [7, 11) is 0. The third kappa shape index (κ3) is 4.04. The molecule has 0 unspecified atom stereocenters. The Morgan fingerprint density at radius 3 is 2.64 bits per heavy atom. The van der Waals surface area contributed by atoms with Crippen LogP contribution in [0.5, 0.6) is 5.75 Å². The molecule has 3 nitrogen and oxygen atoms in total. The van der Waals surface area contributed by atoms with Crippen molar-refractivity contribution >= 4 is 23.4 Å². The van der Waals surface area contributed by atoms with E-state index < -0.39 is 6.10 Å². The summed E-state index contributed by atoms with van der Waals surface area (Å²) in [5, 5.41) is 2.93. The molecule has 2 aromatic rings. The summed E-state index contributed by atoms with van der Waals surface area (Å²) in [6.07, 6.45) is 1.43. The Kier molecular flexibility index (Phi) is 5.50. The van der Waals surface area contributed by atoms with Crippen LogP contribution in [0, 0.1) is 13.8 Å². The van der Waals surface area contributed by atoms with E-state index >= 15 is 0 Å². The smallest absolute Gasteiger partial charge is 0.265 e. The van der Waals surface area contributed by atoms with Crippen molar-refractivity contribution in [1.82, 2.24) is 0 Å². The number of carbonyl (C=O) groups excluding carboxylic acids is 1. The summed E-state index contributed by atoms with van der Waals surface area (Å²) < 4.78 is 5.81. The van der Waals surface area contributed by atoms with Crippen molar-refractivity contribution in [2.75, 3.05) is 11.6 Å². The van der Waals surface area contributed by atoms with E-state index in [1.165, 1.54) is 0 Å². The minimum atomic E-state index is -0.560. The van der Waals surface area contributed by atoms with Crippen LogP contribution in [0.4, 0.5) is 5.69 Å². The van der Waals surface area contributed by atoms with Gasteiger partial charge >= 0.3 is 0 Å². The fourth-order valence-corrected chi connectivity index (χ4v) is 2.61. The maximum Gasteiger partial charge on any atom is 0.265 e. The Balaban J connectivity index is 2.07. The normalized spacial score (nSPS) is 11.8. The van der Waals surface area contributed by atoms with Crippen LogP contribution < -0.4 is 10.1 Å². The first-order valence-electron chi connectivity index (χ1n) is 7.19. The van der Waals surface area contributed by atoms with Crippen LogP contribution in [0.15, 0.2) is 47.4 Å². The number of nitrogens with one attached hydrogen (secondary N) is 1. The molecule has 0 bridgehead atoms. The predicted molar refractivity (Wildman–Crippen MR) is 92.9 cm³/mol. The van der Waals surface area contributed by atoms with Gasteiger partial charge in [-0.25, -0.2) is 0 Å². The van der Waals surface area contributed by atoms with Crippen molar-refractivity contribution in [2.45, 2.75) is 31.8 Å². The lowest BCUT2D eigenvalue weighted by molar-refractivity contribution is -0.122. The van der Waals surface area contributed by atoms with Crippen LogP contribution >= 0.6 is 11.8 Å². The molecule has 1 N–H and O–H groups in total. The molecule has 2 aromatic carbocycles. The Labute approximate surface area is 136 Å². The summed E-state index contributed by atoms with van der Waals surface area (Å²) in [5.41, 5.74) is 2.95. The molecule has 116 valence electrons. The lowest BCUT2D eigenvalue weighted by Gasteiger charge is -2.17. The number of para-hydroxylation sites is 1. The Morgan fingerprint density at radius 2 is 1.91 bits per heavy atom. The van der Waals surface area contributed by atoms with Gasteiger partial charge in [-0.2, -0.15) is 0 Å². The third-order valence-electron chi connectivity index (χ3n) is 3.38. The Hall–Kier alpha value is -1.94. The second-order valence-electron chi connectivity index (χ2n) is 5.22. The average Bonchev–Trinajstić information content (AvgIpc) is 2.51. The molecule has 0 fully saturated rings. The number of anilines is 1. The number of aryl methyl sites for hydroxylation is 2. The highest BCUT2D eigenvalue weighted by molar-refractivity contribution is 7.98. The molecular weight excluding hydrogens is 294 g/mol. The van der Waals surface area contributed by atoms with Crippen molar-refractivity contribution < 1.29 is 9.53 Å². The van der Waals surface area contributed by atoms with Gasteiger partial charge in [-0.15, -0.1) is 11.8 Å². The Morgan fingerprint density at radius 1 is 1.18 bits per heavy atom. The molecule has 0 radical (unpaired) electrons. The fraction of sp³-hybridized carbons (Fsp3) is 0.278. The van der Waals surface area contributed by atoms with Crippen LogP contribution in [0.2, 0.25) is 0 Å². The highest BCUT2D eigenvalue weighted by Gasteiger charge is 2.17. The van der Waals surface area contributed by atoms with E-state index in [1.807, 2.05) is 62.6 Å². The zero-order valence-corrected chi connectivity index (χ0v) is 14.2. The Bertz CT molecular complexity index is 670. The number of benzene rings is 2. The van der Waals surface area contributed by atoms with E-state index in [4.69, 9.17) is 4.74 Å². The quantitative estimate of drug-likeness (QED) is 0.829. The van der Waals surface area contributed by atoms with Crippen LogP contribution in [0.3, 0.4) is 0 Å². The highest BCUT2D eigenvalue weighted by Crippen LogP contribution is 2.25. The molecule has 0 aliphatic rings. The van der Waals surface area contributed by atoms with Crippen molar-refractivity contribution in [3.63, 3.8) is 0 Å². The molecule has 0 aliphatic carbocycles. The summed E-state index contributed by atoms with van der Waals surface area (Å²) in [4.78, 5) is 13.4. The molecule has 0 aliphatic heterocycles. The van der Waals surface area contributed by atoms with Crippen molar-refractivity contribution in [2.24, 2.45) is 0 Å². The van der Waals surface area contributed by atoms with Crippen LogP contribution in [-0.4, -0.2) is 18.3 Å². The molecule has 1 atom stereocenters. The zero-order valence-electron chi connectivity index (χ0n) is 13.3. The number of hydrogen-bond donors (Lipinski definition) is 1. The van der Waals surface area contributed by atoms with Gasteiger partial charge in [-0.1, -0.05) is 24.3 Å². The standard InChI is InChI=1S/C18H21NO2S/c1-12-9-10-13(2)16(11-12)21-14(3)18(20)19-15-7-5-6-8-17(15)22-4/h5-11,14H,1-4H3,(H,19,20)/t14-/m0/s1. The van der Waals surface area contributed by atoms with Gasteiger partial charge in [0.05, 0.1) is 5.69 Å². The van der Waals surface area contributed by atoms with Gasteiger partial charge in [0.2, 0.25) is 0 Å². The first-order chi connectivity index (χ1) is 10.5. The van der Waals surface area contributed by atoms with Gasteiger partial charge in [0.25, 0.3) is 5.91 Å². The largest absolute Gasteiger partial charge is 0.481 e. The minimum absolute atomic E-state index is 0.151. The SMILES string of the molecule is CSc1ccccc1NC(=O)[C@H](C)Oc1cc(C)ccc1C. The van der Waals surface area contributed by atoms with E-state index in [9.17, 15) is 4.79 Å². The van der Waals surface area contributed by atoms with E-state index in [0.29, 0.717) is 0 Å². The van der Waals surface area contributed by atoms with E-state index in [0.717, 1.165) is 27.5 Å². The molecule has 1 amide bonds. The third-order valence-corrected chi connectivity index (χ3v) is 4.18. The van der Waals surface area contributed by atoms with Crippen LogP contribution in [0.25, 0.3) is 0 Å². The lowest BCUT2D eigenvalue weighted by atomic mass is 10.1. The van der Waals surface area contributed by atoms with Gasteiger partial charge in [0, 0.05) is 4.90 Å². The highest BCUT2D eigenvalue weighted by atomic mass is 32.2. The maximum absolute atomic E-state index is 12.3. The minimum Gasteiger partial charge on any atom is -0.481 e. The molecule has 0 aromatic heterocycles. The van der Waals surface area contributed by atoms with E-state index in [1.54, 1.807) is 18.7 Å². The molecular formula is C18H21NO2S. The van der Waals surface area contributed by atoms with Gasteiger partial charge in [0.15, 0.2) is 6.10 Å². The molecule has 0 saturated carbocycles. The maximum atomic E-state index is 12.3. The topological polar surface area (TPSA) is 38.3 Å². The lowest BCUT2D eigenvalue weighted by Crippen LogP contribution is -2.30. The van der Waals surface area contributed by atoms with Gasteiger partial charge in [-0.3, -0.25) is 4.79 Å². The summed E-state index contributed by atoms with van der Waals surface area (Å²) in [6.45, 7) is 5.74. The number of hydrogen-bond acceptors (Lipinski definition) is 3. The van der Waals surface area contributed by atoms with Crippen molar-refractivity contribution in [3.05, 3.63) is 53.6 Å². The van der Waals surface area contributed by atoms with Crippen molar-refractivity contribution in [3.8, 4) is 5.75 Å². The number of ether oxygens (including phenoxy) is 1. The monoisotopic (exact) mass is 315 g/mol. The van der Waals surface area contributed by atoms with Gasteiger partial charge in [0.1, 0.15) is 5.75 Å². The number of thioether (sulfide) groups is 1. The predicted octanol–water partition coefficient (Wildman–Crippen LogP) is 4.43. The van der Waals surface area contributed by atoms with Crippen LogP contribution in [-0.2, 0) is 4.79 Å². The van der Waals surface area contributed by atoms with Crippen molar-refractivity contribution in [1.29, 1.82) is 0 Å². The van der Waals surface area contributed by atoms with Crippen LogP contribution in [0.1, 0.15) is 18.1 Å². The molecule has 0 heterocycles. The first-order valence-corrected chi connectivity index (χ1v) is 8.41. The van der Waals surface area contributed by atoms with Gasteiger partial charge in [-0.05, 0) is 56.4 Å². The fourth-order valence-electron chi connectivity index (χ4n) is 2.06. The second kappa shape index (κ2) is 7.36. The van der Waals surface area contributed by atoms with E-state index in [2.05, 4.69) is 5.32 Å². The summed E-state index contributed by atoms with van der Waals surface area (Å²) in [5.74, 6) is 0.600. The molecule has 2 rings (SSSR count). The second-order valence-corrected chi connectivity index (χ2v) is 6.07. The summed E-state index contributed by atoms with van der Waals surface area (Å²) >= 11 is 1.60. The molecule has 0 spiro atoms. The van der Waals surface area contributed by atoms with Gasteiger partial charge < -0.3 is 10.1 Å². The van der Waals surface area contributed by atoms with E-state index in [-0.39, 0.29) is 5.91 Å². The molecule has 4 heteroatoms.